The Kier molecular flexibility index (Phi) is 4.15. The lowest BCUT2D eigenvalue weighted by Gasteiger charge is -2.13. The third-order valence-corrected chi connectivity index (χ3v) is 2.87. The van der Waals surface area contributed by atoms with Gasteiger partial charge in [0.2, 0.25) is 0 Å². The van der Waals surface area contributed by atoms with E-state index in [-0.39, 0.29) is 12.1 Å². The Morgan fingerprint density at radius 2 is 2.14 bits per heavy atom. The first-order chi connectivity index (χ1) is 9.89. The van der Waals surface area contributed by atoms with Crippen LogP contribution in [0.3, 0.4) is 0 Å². The van der Waals surface area contributed by atoms with Gasteiger partial charge in [-0.2, -0.15) is 13.2 Å². The fourth-order valence-electron chi connectivity index (χ4n) is 1.82. The lowest BCUT2D eigenvalue weighted by atomic mass is 10.1. The van der Waals surface area contributed by atoms with Crippen molar-refractivity contribution in [3.63, 3.8) is 0 Å². The maximum Gasteiger partial charge on any atom is 0.418 e. The first-order valence-corrected chi connectivity index (χ1v) is 6.09. The molecule has 3 N–H and O–H groups in total. The topological polar surface area (TPSA) is 72.9 Å². The first-order valence-electron chi connectivity index (χ1n) is 6.09. The molecule has 1 amide bonds. The van der Waals surface area contributed by atoms with Crippen molar-refractivity contribution in [3.8, 4) is 0 Å². The minimum atomic E-state index is -4.59. The third kappa shape index (κ3) is 3.53. The summed E-state index contributed by atoms with van der Waals surface area (Å²) in [6.45, 7) is 0.718. The summed E-state index contributed by atoms with van der Waals surface area (Å²) in [5.41, 5.74) is 3.68. The van der Waals surface area contributed by atoms with E-state index in [0.717, 1.165) is 12.1 Å². The van der Waals surface area contributed by atoms with Crippen LogP contribution < -0.4 is 11.1 Å². The van der Waals surface area contributed by atoms with E-state index in [9.17, 15) is 18.0 Å². The molecule has 5 nitrogen and oxygen atoms in total. The molecule has 2 aromatic rings. The van der Waals surface area contributed by atoms with E-state index in [2.05, 4.69) is 10.3 Å². The predicted octanol–water partition coefficient (Wildman–Crippen LogP) is 1.91. The maximum absolute atomic E-state index is 12.7. The van der Waals surface area contributed by atoms with Crippen LogP contribution in [0, 0.1) is 0 Å². The van der Waals surface area contributed by atoms with Crippen molar-refractivity contribution in [1.29, 1.82) is 0 Å². The van der Waals surface area contributed by atoms with Gasteiger partial charge in [0.25, 0.3) is 5.91 Å². The van der Waals surface area contributed by atoms with Gasteiger partial charge in [0.1, 0.15) is 0 Å². The zero-order valence-electron chi connectivity index (χ0n) is 10.9. The predicted molar refractivity (Wildman–Crippen MR) is 70.4 cm³/mol. The van der Waals surface area contributed by atoms with Crippen LogP contribution in [0.5, 0.6) is 0 Å². The number of alkyl halides is 3. The standard InChI is InChI=1S/C13H13F3N4O/c14-13(15,16)10-3-1-2-9(11(10)17)12(21)19-5-7-20-6-4-18-8-20/h1-4,6,8H,5,7,17H2,(H,19,21). The number of imidazole rings is 1. The number of nitrogens with two attached hydrogens (primary N) is 1. The Bertz CT molecular complexity index is 623. The van der Waals surface area contributed by atoms with E-state index < -0.39 is 23.3 Å². The largest absolute Gasteiger partial charge is 0.418 e. The quantitative estimate of drug-likeness (QED) is 0.847. The molecular formula is C13H13F3N4O. The smallest absolute Gasteiger partial charge is 0.398 e. The van der Waals surface area contributed by atoms with Gasteiger partial charge < -0.3 is 15.6 Å². The van der Waals surface area contributed by atoms with E-state index >= 15 is 0 Å². The first kappa shape index (κ1) is 14.9. The van der Waals surface area contributed by atoms with Gasteiger partial charge in [-0.25, -0.2) is 4.98 Å². The second-order valence-corrected chi connectivity index (χ2v) is 4.32. The molecule has 21 heavy (non-hydrogen) atoms. The molecule has 0 bridgehead atoms. The van der Waals surface area contributed by atoms with Gasteiger partial charge >= 0.3 is 6.18 Å². The van der Waals surface area contributed by atoms with E-state index in [1.165, 1.54) is 6.07 Å². The number of nitrogens with one attached hydrogen (secondary N) is 1. The summed E-state index contributed by atoms with van der Waals surface area (Å²) in [6.07, 6.45) is 0.291. The van der Waals surface area contributed by atoms with Crippen molar-refractivity contribution < 1.29 is 18.0 Å². The highest BCUT2D eigenvalue weighted by atomic mass is 19.4. The highest BCUT2D eigenvalue weighted by Gasteiger charge is 2.34. The molecule has 0 spiro atoms. The zero-order valence-corrected chi connectivity index (χ0v) is 10.9. The van der Waals surface area contributed by atoms with Crippen LogP contribution in [0.15, 0.2) is 36.9 Å². The van der Waals surface area contributed by atoms with Crippen LogP contribution in [0.1, 0.15) is 15.9 Å². The second-order valence-electron chi connectivity index (χ2n) is 4.32. The van der Waals surface area contributed by atoms with Crippen LogP contribution in [-0.2, 0) is 12.7 Å². The molecule has 2 rings (SSSR count). The number of rotatable bonds is 4. The number of para-hydroxylation sites is 1. The highest BCUT2D eigenvalue weighted by molar-refractivity contribution is 5.99. The van der Waals surface area contributed by atoms with Crippen molar-refractivity contribution in [1.82, 2.24) is 14.9 Å². The van der Waals surface area contributed by atoms with Crippen molar-refractivity contribution in [2.24, 2.45) is 0 Å². The van der Waals surface area contributed by atoms with Gasteiger partial charge in [-0.05, 0) is 12.1 Å². The number of nitrogen functional groups attached to an aromatic ring is 1. The minimum Gasteiger partial charge on any atom is -0.398 e. The summed E-state index contributed by atoms with van der Waals surface area (Å²) in [6, 6.07) is 3.26. The minimum absolute atomic E-state index is 0.185. The number of anilines is 1. The number of hydrogen-bond donors (Lipinski definition) is 2. The fourth-order valence-corrected chi connectivity index (χ4v) is 1.82. The number of benzene rings is 1. The van der Waals surface area contributed by atoms with Crippen molar-refractivity contribution >= 4 is 11.6 Å². The summed E-state index contributed by atoms with van der Waals surface area (Å²) in [5, 5.41) is 2.52. The number of amides is 1. The zero-order chi connectivity index (χ0) is 15.5. The average Bonchev–Trinajstić information content (AvgIpc) is 2.90. The molecule has 0 radical (unpaired) electrons. The third-order valence-electron chi connectivity index (χ3n) is 2.87. The molecule has 0 unspecified atom stereocenters. The number of hydrogen-bond acceptors (Lipinski definition) is 3. The number of aromatic nitrogens is 2. The monoisotopic (exact) mass is 298 g/mol. The van der Waals surface area contributed by atoms with Gasteiger partial charge in [-0.3, -0.25) is 4.79 Å². The van der Waals surface area contributed by atoms with E-state index in [0.29, 0.717) is 6.54 Å². The number of carbonyl (C=O) groups excluding carboxylic acids is 1. The summed E-state index contributed by atoms with van der Waals surface area (Å²) in [4.78, 5) is 15.7. The number of halogens is 3. The van der Waals surface area contributed by atoms with E-state index in [1.807, 2.05) is 0 Å². The van der Waals surface area contributed by atoms with Crippen LogP contribution in [0.2, 0.25) is 0 Å². The van der Waals surface area contributed by atoms with Gasteiger partial charge in [0, 0.05) is 25.5 Å². The molecule has 0 fully saturated rings. The van der Waals surface area contributed by atoms with Crippen molar-refractivity contribution in [2.45, 2.75) is 12.7 Å². The molecule has 0 saturated carbocycles. The van der Waals surface area contributed by atoms with Crippen molar-refractivity contribution in [2.75, 3.05) is 12.3 Å². The van der Waals surface area contributed by atoms with Gasteiger partial charge in [0.15, 0.2) is 0 Å². The van der Waals surface area contributed by atoms with Crippen LogP contribution in [0.25, 0.3) is 0 Å². The van der Waals surface area contributed by atoms with Crippen LogP contribution in [0.4, 0.5) is 18.9 Å². The second kappa shape index (κ2) is 5.86. The molecule has 0 aliphatic carbocycles. The lowest BCUT2D eigenvalue weighted by Crippen LogP contribution is -2.28. The normalized spacial score (nSPS) is 11.4. The maximum atomic E-state index is 12.7. The molecule has 0 aliphatic rings. The molecule has 112 valence electrons. The van der Waals surface area contributed by atoms with Crippen molar-refractivity contribution in [3.05, 3.63) is 48.0 Å². The van der Waals surface area contributed by atoms with E-state index in [1.54, 1.807) is 23.3 Å². The van der Waals surface area contributed by atoms with Gasteiger partial charge in [-0.1, -0.05) is 6.07 Å². The average molecular weight is 298 g/mol. The molecule has 1 aromatic heterocycles. The van der Waals surface area contributed by atoms with Gasteiger partial charge in [0.05, 0.1) is 23.1 Å². The van der Waals surface area contributed by atoms with Gasteiger partial charge in [-0.15, -0.1) is 0 Å². The fraction of sp³-hybridized carbons (Fsp3) is 0.231. The number of nitrogens with zero attached hydrogens (tertiary/aromatic N) is 2. The summed E-state index contributed by atoms with van der Waals surface area (Å²) in [7, 11) is 0. The Morgan fingerprint density at radius 3 is 2.76 bits per heavy atom. The van der Waals surface area contributed by atoms with Crippen LogP contribution in [-0.4, -0.2) is 22.0 Å². The Morgan fingerprint density at radius 1 is 1.38 bits per heavy atom. The summed E-state index contributed by atoms with van der Waals surface area (Å²) < 4.78 is 39.9. The molecule has 1 heterocycles. The SMILES string of the molecule is Nc1c(C(=O)NCCn2ccnc2)cccc1C(F)(F)F. The highest BCUT2D eigenvalue weighted by Crippen LogP contribution is 2.34. The molecular weight excluding hydrogens is 285 g/mol. The van der Waals surface area contributed by atoms with Crippen LogP contribution >= 0.6 is 0 Å². The Hall–Kier alpha value is -2.51. The summed E-state index contributed by atoms with van der Waals surface area (Å²) in [5.74, 6) is -0.640. The molecule has 0 saturated heterocycles. The lowest BCUT2D eigenvalue weighted by molar-refractivity contribution is -0.136. The summed E-state index contributed by atoms with van der Waals surface area (Å²) >= 11 is 0. The molecule has 8 heteroatoms. The Labute approximate surface area is 118 Å². The number of carbonyl (C=O) groups is 1. The Balaban J connectivity index is 2.05. The molecule has 0 atom stereocenters. The van der Waals surface area contributed by atoms with E-state index in [4.69, 9.17) is 5.73 Å². The molecule has 0 aliphatic heterocycles. The molecule has 1 aromatic carbocycles.